The second-order valence-corrected chi connectivity index (χ2v) is 5.91. The Bertz CT molecular complexity index is 430. The molecule has 1 aromatic rings. The molecule has 4 heteroatoms. The molecule has 1 fully saturated rings. The molecule has 0 atom stereocenters. The molecule has 2 rings (SSSR count). The molecular weight excluding hydrogens is 294 g/mol. The Kier molecular flexibility index (Phi) is 4.40. The lowest BCUT2D eigenvalue weighted by atomic mass is 9.69. The smallest absolute Gasteiger partial charge is 0.310 e. The number of benzene rings is 1. The molecule has 0 radical (unpaired) electrons. The largest absolute Gasteiger partial charge is 0.481 e. The molecule has 0 heterocycles. The lowest BCUT2D eigenvalue weighted by Crippen LogP contribution is -2.46. The van der Waals surface area contributed by atoms with Gasteiger partial charge in [-0.1, -0.05) is 34.5 Å². The molecule has 3 nitrogen and oxygen atoms in total. The predicted octanol–water partition coefficient (Wildman–Crippen LogP) is 2.84. The highest BCUT2D eigenvalue weighted by atomic mass is 79.9. The van der Waals surface area contributed by atoms with E-state index >= 15 is 0 Å². The zero-order valence-corrected chi connectivity index (χ0v) is 11.9. The van der Waals surface area contributed by atoms with Gasteiger partial charge in [0.25, 0.3) is 0 Å². The van der Waals surface area contributed by atoms with E-state index < -0.39 is 11.4 Å². The molecule has 2 N–H and O–H groups in total. The minimum atomic E-state index is -0.649. The Labute approximate surface area is 116 Å². The maximum absolute atomic E-state index is 11.2. The summed E-state index contributed by atoms with van der Waals surface area (Å²) in [5, 5.41) is 12.5. The molecule has 1 saturated carbocycles. The van der Waals surface area contributed by atoms with E-state index in [4.69, 9.17) is 0 Å². The van der Waals surface area contributed by atoms with Crippen LogP contribution >= 0.6 is 15.9 Å². The lowest BCUT2D eigenvalue weighted by Gasteiger charge is -2.37. The van der Waals surface area contributed by atoms with Gasteiger partial charge in [-0.25, -0.2) is 0 Å². The number of nitrogens with one attached hydrogen (secondary N) is 1. The molecule has 0 aliphatic heterocycles. The first kappa shape index (κ1) is 13.6. The standard InChI is InChI=1S/C14H18BrNO2/c15-12-4-1-3-11(9-12)5-8-16-10-14(13(17)18)6-2-7-14/h1,3-4,9,16H,2,5-8,10H2,(H,17,18). The number of halogens is 1. The summed E-state index contributed by atoms with van der Waals surface area (Å²) < 4.78 is 1.08. The first-order valence-electron chi connectivity index (χ1n) is 6.31. The van der Waals surface area contributed by atoms with Crippen molar-refractivity contribution in [3.8, 4) is 0 Å². The fourth-order valence-electron chi connectivity index (χ4n) is 2.32. The number of hydrogen-bond acceptors (Lipinski definition) is 2. The normalized spacial score (nSPS) is 17.2. The van der Waals surface area contributed by atoms with Crippen molar-refractivity contribution in [2.24, 2.45) is 5.41 Å². The van der Waals surface area contributed by atoms with Gasteiger partial charge in [-0.15, -0.1) is 0 Å². The highest BCUT2D eigenvalue weighted by Gasteiger charge is 2.43. The van der Waals surface area contributed by atoms with E-state index in [1.54, 1.807) is 0 Å². The van der Waals surface area contributed by atoms with E-state index in [1.165, 1.54) is 5.56 Å². The van der Waals surface area contributed by atoms with Crippen molar-refractivity contribution in [2.45, 2.75) is 25.7 Å². The number of hydrogen-bond donors (Lipinski definition) is 2. The maximum atomic E-state index is 11.2. The van der Waals surface area contributed by atoms with Crippen molar-refractivity contribution >= 4 is 21.9 Å². The van der Waals surface area contributed by atoms with E-state index in [-0.39, 0.29) is 0 Å². The summed E-state index contributed by atoms with van der Waals surface area (Å²) >= 11 is 3.44. The van der Waals surface area contributed by atoms with E-state index in [0.717, 1.165) is 36.7 Å². The molecule has 0 saturated heterocycles. The van der Waals surface area contributed by atoms with Gasteiger partial charge in [-0.05, 0) is 43.5 Å². The van der Waals surface area contributed by atoms with Crippen LogP contribution in [-0.4, -0.2) is 24.2 Å². The Hall–Kier alpha value is -0.870. The van der Waals surface area contributed by atoms with Gasteiger partial charge in [0.15, 0.2) is 0 Å². The SMILES string of the molecule is O=C(O)C1(CNCCc2cccc(Br)c2)CCC1. The summed E-state index contributed by atoms with van der Waals surface area (Å²) in [6, 6.07) is 8.20. The third kappa shape index (κ3) is 3.12. The number of carboxylic acid groups (broad SMARTS) is 1. The Morgan fingerprint density at radius 2 is 2.22 bits per heavy atom. The molecule has 18 heavy (non-hydrogen) atoms. The van der Waals surface area contributed by atoms with Gasteiger partial charge >= 0.3 is 5.97 Å². The molecule has 1 aromatic carbocycles. The molecule has 0 spiro atoms. The molecular formula is C14H18BrNO2. The summed E-state index contributed by atoms with van der Waals surface area (Å²) in [6.45, 7) is 1.42. The van der Waals surface area contributed by atoms with Crippen LogP contribution in [0.2, 0.25) is 0 Å². The topological polar surface area (TPSA) is 49.3 Å². The number of rotatable bonds is 6. The van der Waals surface area contributed by atoms with E-state index in [2.05, 4.69) is 33.4 Å². The number of aliphatic carboxylic acids is 1. The molecule has 0 amide bonds. The zero-order valence-electron chi connectivity index (χ0n) is 10.3. The van der Waals surface area contributed by atoms with Gasteiger partial charge in [0.2, 0.25) is 0 Å². The molecule has 98 valence electrons. The third-order valence-electron chi connectivity index (χ3n) is 3.71. The van der Waals surface area contributed by atoms with Crippen molar-refractivity contribution in [1.82, 2.24) is 5.32 Å². The Balaban J connectivity index is 1.74. The monoisotopic (exact) mass is 311 g/mol. The summed E-state index contributed by atoms with van der Waals surface area (Å²) in [5.74, 6) is -0.649. The van der Waals surface area contributed by atoms with E-state index in [0.29, 0.717) is 6.54 Å². The van der Waals surface area contributed by atoms with Crippen molar-refractivity contribution in [3.05, 3.63) is 34.3 Å². The predicted molar refractivity (Wildman–Crippen MR) is 74.6 cm³/mol. The zero-order chi connectivity index (χ0) is 13.0. The highest BCUT2D eigenvalue weighted by molar-refractivity contribution is 9.10. The fraction of sp³-hybridized carbons (Fsp3) is 0.500. The van der Waals surface area contributed by atoms with Crippen molar-refractivity contribution in [3.63, 3.8) is 0 Å². The van der Waals surface area contributed by atoms with Gasteiger partial charge in [0, 0.05) is 11.0 Å². The summed E-state index contributed by atoms with van der Waals surface area (Å²) in [5.41, 5.74) is 0.770. The third-order valence-corrected chi connectivity index (χ3v) is 4.20. The van der Waals surface area contributed by atoms with Gasteiger partial charge in [0.1, 0.15) is 0 Å². The fourth-order valence-corrected chi connectivity index (χ4v) is 2.77. The van der Waals surface area contributed by atoms with Crippen LogP contribution in [0.1, 0.15) is 24.8 Å². The van der Waals surface area contributed by atoms with Gasteiger partial charge in [0.05, 0.1) is 5.41 Å². The quantitative estimate of drug-likeness (QED) is 0.794. The minimum Gasteiger partial charge on any atom is -0.481 e. The van der Waals surface area contributed by atoms with Crippen molar-refractivity contribution in [1.29, 1.82) is 0 Å². The maximum Gasteiger partial charge on any atom is 0.310 e. The van der Waals surface area contributed by atoms with Crippen LogP contribution in [0.5, 0.6) is 0 Å². The summed E-state index contributed by atoms with van der Waals surface area (Å²) in [6.07, 6.45) is 3.59. The number of carbonyl (C=O) groups is 1. The van der Waals surface area contributed by atoms with Crippen LogP contribution in [0.4, 0.5) is 0 Å². The molecule has 1 aliphatic carbocycles. The van der Waals surface area contributed by atoms with Crippen molar-refractivity contribution < 1.29 is 9.90 Å². The van der Waals surface area contributed by atoms with Crippen LogP contribution in [0.25, 0.3) is 0 Å². The molecule has 0 aromatic heterocycles. The minimum absolute atomic E-state index is 0.489. The average molecular weight is 312 g/mol. The van der Waals surface area contributed by atoms with Crippen LogP contribution in [-0.2, 0) is 11.2 Å². The Morgan fingerprint density at radius 3 is 2.78 bits per heavy atom. The van der Waals surface area contributed by atoms with Crippen LogP contribution in [0.3, 0.4) is 0 Å². The first-order chi connectivity index (χ1) is 8.62. The van der Waals surface area contributed by atoms with Crippen LogP contribution in [0, 0.1) is 5.41 Å². The average Bonchev–Trinajstić information content (AvgIpc) is 2.26. The van der Waals surface area contributed by atoms with Gasteiger partial charge in [-0.2, -0.15) is 0 Å². The molecule has 0 bridgehead atoms. The first-order valence-corrected chi connectivity index (χ1v) is 7.10. The second-order valence-electron chi connectivity index (χ2n) is 5.00. The van der Waals surface area contributed by atoms with Gasteiger partial charge < -0.3 is 10.4 Å². The number of carboxylic acids is 1. The van der Waals surface area contributed by atoms with Gasteiger partial charge in [-0.3, -0.25) is 4.79 Å². The summed E-state index contributed by atoms with van der Waals surface area (Å²) in [7, 11) is 0. The second kappa shape index (κ2) is 5.85. The van der Waals surface area contributed by atoms with E-state index in [9.17, 15) is 9.90 Å². The Morgan fingerprint density at radius 1 is 1.44 bits per heavy atom. The molecule has 1 aliphatic rings. The lowest BCUT2D eigenvalue weighted by molar-refractivity contribution is -0.154. The summed E-state index contributed by atoms with van der Waals surface area (Å²) in [4.78, 5) is 11.2. The van der Waals surface area contributed by atoms with E-state index in [1.807, 2.05) is 12.1 Å². The van der Waals surface area contributed by atoms with Crippen molar-refractivity contribution in [2.75, 3.05) is 13.1 Å². The highest BCUT2D eigenvalue weighted by Crippen LogP contribution is 2.40. The molecule has 0 unspecified atom stereocenters. The van der Waals surface area contributed by atoms with Crippen LogP contribution in [0.15, 0.2) is 28.7 Å². The van der Waals surface area contributed by atoms with Crippen LogP contribution < -0.4 is 5.32 Å².